The first kappa shape index (κ1) is 12.5. The van der Waals surface area contributed by atoms with Crippen LogP contribution >= 0.6 is 0 Å². The van der Waals surface area contributed by atoms with Crippen LogP contribution in [0, 0.1) is 0 Å². The van der Waals surface area contributed by atoms with Crippen LogP contribution in [0.4, 0.5) is 0 Å². The second kappa shape index (κ2) is 5.47. The van der Waals surface area contributed by atoms with E-state index in [0.717, 1.165) is 19.4 Å². The first-order valence-electron chi connectivity index (χ1n) is 5.68. The molecule has 0 bridgehead atoms. The molecule has 0 aliphatic heterocycles. The Balaban J connectivity index is 2.18. The van der Waals surface area contributed by atoms with Crippen molar-refractivity contribution in [3.05, 3.63) is 0 Å². The molecule has 0 unspecified atom stereocenters. The van der Waals surface area contributed by atoms with Gasteiger partial charge in [0.15, 0.2) is 0 Å². The fourth-order valence-corrected chi connectivity index (χ4v) is 1.85. The lowest BCUT2D eigenvalue weighted by molar-refractivity contribution is -0.135. The van der Waals surface area contributed by atoms with Crippen LogP contribution in [0.5, 0.6) is 0 Å². The monoisotopic (exact) mass is 214 g/mol. The zero-order valence-corrected chi connectivity index (χ0v) is 9.79. The van der Waals surface area contributed by atoms with Crippen LogP contribution in [0.25, 0.3) is 0 Å². The highest BCUT2D eigenvalue weighted by atomic mass is 16.5. The van der Waals surface area contributed by atoms with Crippen molar-refractivity contribution in [2.24, 2.45) is 5.73 Å². The minimum Gasteiger partial charge on any atom is -0.370 e. The van der Waals surface area contributed by atoms with Gasteiger partial charge in [0.05, 0.1) is 6.61 Å². The second-order valence-electron chi connectivity index (χ2n) is 4.47. The van der Waals surface area contributed by atoms with Crippen molar-refractivity contribution >= 4 is 5.91 Å². The third-order valence-electron chi connectivity index (χ3n) is 3.11. The lowest BCUT2D eigenvalue weighted by Gasteiger charge is -2.23. The molecule has 15 heavy (non-hydrogen) atoms. The van der Waals surface area contributed by atoms with Crippen molar-refractivity contribution in [2.45, 2.75) is 38.1 Å². The molecule has 0 aromatic carbocycles. The lowest BCUT2D eigenvalue weighted by atomic mass is 10.0. The molecule has 4 heteroatoms. The molecule has 1 fully saturated rings. The minimum absolute atomic E-state index is 0.0269. The minimum atomic E-state index is -0.176. The van der Waals surface area contributed by atoms with Gasteiger partial charge in [0.25, 0.3) is 0 Å². The Bertz CT molecular complexity index is 213. The third-order valence-corrected chi connectivity index (χ3v) is 3.11. The van der Waals surface area contributed by atoms with Gasteiger partial charge in [-0.05, 0) is 19.8 Å². The molecule has 1 saturated carbocycles. The first-order valence-corrected chi connectivity index (χ1v) is 5.68. The van der Waals surface area contributed by atoms with Gasteiger partial charge in [-0.25, -0.2) is 0 Å². The SMILES string of the molecule is CCN(C)C(=O)COCC1(N)CCCC1. The van der Waals surface area contributed by atoms with Gasteiger partial charge in [-0.2, -0.15) is 0 Å². The molecule has 1 amide bonds. The molecular formula is C11H22N2O2. The molecule has 0 radical (unpaired) electrons. The molecule has 0 atom stereocenters. The van der Waals surface area contributed by atoms with E-state index < -0.39 is 0 Å². The largest absolute Gasteiger partial charge is 0.370 e. The van der Waals surface area contributed by atoms with Crippen molar-refractivity contribution in [3.8, 4) is 0 Å². The van der Waals surface area contributed by atoms with Crippen molar-refractivity contribution in [1.29, 1.82) is 0 Å². The summed E-state index contributed by atoms with van der Waals surface area (Å²) in [6.07, 6.45) is 4.40. The summed E-state index contributed by atoms with van der Waals surface area (Å²) in [6.45, 7) is 3.33. The van der Waals surface area contributed by atoms with Crippen LogP contribution in [-0.4, -0.2) is 43.2 Å². The van der Waals surface area contributed by atoms with Gasteiger partial charge in [0.2, 0.25) is 5.91 Å². The average molecular weight is 214 g/mol. The van der Waals surface area contributed by atoms with Crippen molar-refractivity contribution in [1.82, 2.24) is 4.90 Å². The average Bonchev–Trinajstić information content (AvgIpc) is 2.64. The summed E-state index contributed by atoms with van der Waals surface area (Å²) >= 11 is 0. The zero-order valence-electron chi connectivity index (χ0n) is 9.79. The Hall–Kier alpha value is -0.610. The molecule has 0 aromatic heterocycles. The van der Waals surface area contributed by atoms with E-state index in [2.05, 4.69) is 0 Å². The number of likely N-dealkylation sites (N-methyl/N-ethyl adjacent to an activating group) is 1. The fourth-order valence-electron chi connectivity index (χ4n) is 1.85. The Morgan fingerprint density at radius 2 is 2.07 bits per heavy atom. The number of carbonyl (C=O) groups excluding carboxylic acids is 1. The molecule has 0 spiro atoms. The lowest BCUT2D eigenvalue weighted by Crippen LogP contribution is -2.42. The Morgan fingerprint density at radius 1 is 1.47 bits per heavy atom. The number of nitrogens with two attached hydrogens (primary N) is 1. The van der Waals surface area contributed by atoms with Crippen molar-refractivity contribution in [2.75, 3.05) is 26.8 Å². The van der Waals surface area contributed by atoms with Crippen LogP contribution in [0.15, 0.2) is 0 Å². The second-order valence-corrected chi connectivity index (χ2v) is 4.47. The maximum absolute atomic E-state index is 11.4. The maximum atomic E-state index is 11.4. The molecule has 1 aliphatic rings. The van der Waals surface area contributed by atoms with E-state index in [4.69, 9.17) is 10.5 Å². The molecule has 1 rings (SSSR count). The summed E-state index contributed by atoms with van der Waals surface area (Å²) in [5.41, 5.74) is 5.93. The van der Waals surface area contributed by atoms with Crippen molar-refractivity contribution in [3.63, 3.8) is 0 Å². The summed E-state index contributed by atoms with van der Waals surface area (Å²) in [6, 6.07) is 0. The van der Waals surface area contributed by atoms with Gasteiger partial charge >= 0.3 is 0 Å². The van der Waals surface area contributed by atoms with Crippen LogP contribution in [-0.2, 0) is 9.53 Å². The fraction of sp³-hybridized carbons (Fsp3) is 0.909. The highest BCUT2D eigenvalue weighted by Crippen LogP contribution is 2.27. The van der Waals surface area contributed by atoms with Gasteiger partial charge in [0.1, 0.15) is 6.61 Å². The smallest absolute Gasteiger partial charge is 0.248 e. The van der Waals surface area contributed by atoms with Gasteiger partial charge in [0, 0.05) is 19.1 Å². The molecule has 0 heterocycles. The Morgan fingerprint density at radius 3 is 2.60 bits per heavy atom. The molecular weight excluding hydrogens is 192 g/mol. The maximum Gasteiger partial charge on any atom is 0.248 e. The molecule has 2 N–H and O–H groups in total. The summed E-state index contributed by atoms with van der Waals surface area (Å²) in [5.74, 6) is 0.0269. The van der Waals surface area contributed by atoms with Crippen LogP contribution in [0.2, 0.25) is 0 Å². The number of hydrogen-bond donors (Lipinski definition) is 1. The first-order chi connectivity index (χ1) is 7.07. The summed E-state index contributed by atoms with van der Waals surface area (Å²) in [5, 5.41) is 0. The summed E-state index contributed by atoms with van der Waals surface area (Å²) < 4.78 is 5.39. The molecule has 88 valence electrons. The van der Waals surface area contributed by atoms with Gasteiger partial charge < -0.3 is 15.4 Å². The standard InChI is InChI=1S/C11H22N2O2/c1-3-13(2)10(14)8-15-9-11(12)6-4-5-7-11/h3-9,12H2,1-2H3. The highest BCUT2D eigenvalue weighted by molar-refractivity contribution is 5.77. The number of amides is 1. The van der Waals surface area contributed by atoms with E-state index >= 15 is 0 Å². The van der Waals surface area contributed by atoms with E-state index in [-0.39, 0.29) is 18.1 Å². The summed E-state index contributed by atoms with van der Waals surface area (Å²) in [7, 11) is 1.78. The number of rotatable bonds is 5. The van der Waals surface area contributed by atoms with E-state index in [1.54, 1.807) is 11.9 Å². The van der Waals surface area contributed by atoms with E-state index in [0.29, 0.717) is 6.61 Å². The molecule has 1 aliphatic carbocycles. The normalized spacial score (nSPS) is 19.1. The zero-order chi connectivity index (χ0) is 11.3. The van der Waals surface area contributed by atoms with Crippen LogP contribution < -0.4 is 5.73 Å². The predicted molar refractivity (Wildman–Crippen MR) is 59.5 cm³/mol. The topological polar surface area (TPSA) is 55.6 Å². The van der Waals surface area contributed by atoms with Gasteiger partial charge in [-0.3, -0.25) is 4.79 Å². The van der Waals surface area contributed by atoms with E-state index in [1.165, 1.54) is 12.8 Å². The molecule has 0 saturated heterocycles. The van der Waals surface area contributed by atoms with Gasteiger partial charge in [-0.15, -0.1) is 0 Å². The number of hydrogen-bond acceptors (Lipinski definition) is 3. The number of nitrogens with zero attached hydrogens (tertiary/aromatic N) is 1. The van der Waals surface area contributed by atoms with E-state index in [9.17, 15) is 4.79 Å². The Kier molecular flexibility index (Phi) is 4.54. The Labute approximate surface area is 91.8 Å². The quantitative estimate of drug-likeness (QED) is 0.735. The third kappa shape index (κ3) is 3.80. The van der Waals surface area contributed by atoms with E-state index in [1.807, 2.05) is 6.92 Å². The number of ether oxygens (including phenoxy) is 1. The highest BCUT2D eigenvalue weighted by Gasteiger charge is 2.29. The predicted octanol–water partition coefficient (Wildman–Crippen LogP) is 0.753. The number of carbonyl (C=O) groups is 1. The summed E-state index contributed by atoms with van der Waals surface area (Å²) in [4.78, 5) is 13.1. The van der Waals surface area contributed by atoms with Crippen molar-refractivity contribution < 1.29 is 9.53 Å². The molecule has 4 nitrogen and oxygen atoms in total. The van der Waals surface area contributed by atoms with Gasteiger partial charge in [-0.1, -0.05) is 12.8 Å². The van der Waals surface area contributed by atoms with Crippen LogP contribution in [0.1, 0.15) is 32.6 Å². The van der Waals surface area contributed by atoms with Crippen LogP contribution in [0.3, 0.4) is 0 Å². The molecule has 0 aromatic rings.